The van der Waals surface area contributed by atoms with Gasteiger partial charge in [-0.3, -0.25) is 0 Å². The van der Waals surface area contributed by atoms with Crippen molar-refractivity contribution in [1.82, 2.24) is 0 Å². The van der Waals surface area contributed by atoms with Crippen LogP contribution in [0.2, 0.25) is 0 Å². The summed E-state index contributed by atoms with van der Waals surface area (Å²) in [6, 6.07) is 2.57. The maximum atomic E-state index is 10.7. The summed E-state index contributed by atoms with van der Waals surface area (Å²) in [5.74, 6) is -2.38. The number of aliphatic hydroxyl groups is 1. The Bertz CT molecular complexity index is 440. The van der Waals surface area contributed by atoms with Crippen LogP contribution in [0.3, 0.4) is 0 Å². The van der Waals surface area contributed by atoms with Gasteiger partial charge in [-0.2, -0.15) is 0 Å². The van der Waals surface area contributed by atoms with Crippen LogP contribution in [-0.2, 0) is 0 Å². The predicted molar refractivity (Wildman–Crippen MR) is 66.9 cm³/mol. The van der Waals surface area contributed by atoms with Gasteiger partial charge in [0.15, 0.2) is 0 Å². The van der Waals surface area contributed by atoms with Crippen LogP contribution >= 0.6 is 0 Å². The largest absolute Gasteiger partial charge is 0.478 e. The van der Waals surface area contributed by atoms with E-state index in [0.29, 0.717) is 6.61 Å². The lowest BCUT2D eigenvalue weighted by Gasteiger charge is -2.07. The highest BCUT2D eigenvalue weighted by molar-refractivity contribution is 6.00. The number of aliphatic hydroxyl groups excluding tert-OH is 1. The zero-order chi connectivity index (χ0) is 14.3. The van der Waals surface area contributed by atoms with Crippen LogP contribution in [0.4, 0.5) is 5.69 Å². The number of nitrogens with two attached hydrogens (primary N) is 1. The highest BCUT2D eigenvalue weighted by atomic mass is 16.4. The van der Waals surface area contributed by atoms with Crippen LogP contribution in [0.5, 0.6) is 0 Å². The van der Waals surface area contributed by atoms with Crippen LogP contribution in [0.25, 0.3) is 0 Å². The standard InChI is InChI=1S/C9H9NO4.C3H8O/c1-4-5(8(11)12)2-3-6(10)7(4)9(13)14;1-2-3-4/h2-3H,10H2,1H3,(H,11,12)(H,13,14);4H,2-3H2,1H3. The molecule has 0 bridgehead atoms. The summed E-state index contributed by atoms with van der Waals surface area (Å²) in [7, 11) is 0. The van der Waals surface area contributed by atoms with E-state index in [1.54, 1.807) is 0 Å². The number of nitrogen functional groups attached to an aromatic ring is 1. The number of benzene rings is 1. The summed E-state index contributed by atoms with van der Waals surface area (Å²) in [5, 5.41) is 25.4. The lowest BCUT2D eigenvalue weighted by atomic mass is 10.0. The fourth-order valence-electron chi connectivity index (χ4n) is 1.25. The van der Waals surface area contributed by atoms with Crippen molar-refractivity contribution in [3.8, 4) is 0 Å². The third-order valence-electron chi connectivity index (χ3n) is 2.17. The van der Waals surface area contributed by atoms with E-state index in [9.17, 15) is 9.59 Å². The molecule has 100 valence electrons. The van der Waals surface area contributed by atoms with Crippen molar-refractivity contribution in [2.45, 2.75) is 20.3 Å². The van der Waals surface area contributed by atoms with Gasteiger partial charge in [-0.1, -0.05) is 6.92 Å². The minimum absolute atomic E-state index is 0.0448. The number of carbonyl (C=O) groups is 2. The second-order valence-corrected chi connectivity index (χ2v) is 3.54. The van der Waals surface area contributed by atoms with Crippen LogP contribution < -0.4 is 5.73 Å². The van der Waals surface area contributed by atoms with Gasteiger partial charge in [0.05, 0.1) is 11.1 Å². The van der Waals surface area contributed by atoms with Gasteiger partial charge in [0.2, 0.25) is 0 Å². The molecule has 0 radical (unpaired) electrons. The minimum atomic E-state index is -1.22. The molecule has 0 saturated heterocycles. The van der Waals surface area contributed by atoms with Crippen LogP contribution in [0.1, 0.15) is 39.6 Å². The number of hydrogen-bond donors (Lipinski definition) is 4. The van der Waals surface area contributed by atoms with Gasteiger partial charge in [0, 0.05) is 12.3 Å². The Morgan fingerprint density at radius 1 is 1.22 bits per heavy atom. The molecule has 5 N–H and O–H groups in total. The van der Waals surface area contributed by atoms with E-state index >= 15 is 0 Å². The monoisotopic (exact) mass is 255 g/mol. The van der Waals surface area contributed by atoms with E-state index < -0.39 is 11.9 Å². The van der Waals surface area contributed by atoms with Crippen molar-refractivity contribution in [1.29, 1.82) is 0 Å². The Kier molecular flexibility index (Phi) is 6.44. The highest BCUT2D eigenvalue weighted by Crippen LogP contribution is 2.20. The fraction of sp³-hybridized carbons (Fsp3) is 0.333. The average Bonchev–Trinajstić information content (AvgIpc) is 2.28. The van der Waals surface area contributed by atoms with Crippen molar-refractivity contribution < 1.29 is 24.9 Å². The van der Waals surface area contributed by atoms with Gasteiger partial charge < -0.3 is 21.1 Å². The Balaban J connectivity index is 0.000000631. The molecule has 0 aliphatic carbocycles. The van der Waals surface area contributed by atoms with Crippen molar-refractivity contribution in [3.63, 3.8) is 0 Å². The molecule has 0 fully saturated rings. The Labute approximate surface area is 105 Å². The third-order valence-corrected chi connectivity index (χ3v) is 2.17. The summed E-state index contributed by atoms with van der Waals surface area (Å²) >= 11 is 0. The first-order chi connectivity index (χ1) is 8.36. The molecular weight excluding hydrogens is 238 g/mol. The number of anilines is 1. The molecule has 1 aromatic rings. The lowest BCUT2D eigenvalue weighted by molar-refractivity contribution is 0.0696. The van der Waals surface area contributed by atoms with Gasteiger partial charge in [-0.25, -0.2) is 9.59 Å². The number of hydrogen-bond acceptors (Lipinski definition) is 4. The number of rotatable bonds is 3. The van der Waals surface area contributed by atoms with E-state index in [2.05, 4.69) is 0 Å². The van der Waals surface area contributed by atoms with E-state index in [0.717, 1.165) is 6.42 Å². The zero-order valence-electron chi connectivity index (χ0n) is 10.3. The molecule has 0 atom stereocenters. The summed E-state index contributed by atoms with van der Waals surface area (Å²) in [6.07, 6.45) is 0.875. The first kappa shape index (κ1) is 15.9. The van der Waals surface area contributed by atoms with Crippen molar-refractivity contribution in [2.75, 3.05) is 12.3 Å². The van der Waals surface area contributed by atoms with Crippen LogP contribution in [0, 0.1) is 6.92 Å². The molecule has 18 heavy (non-hydrogen) atoms. The van der Waals surface area contributed by atoms with E-state index in [-0.39, 0.29) is 22.4 Å². The molecule has 1 aromatic carbocycles. The molecule has 0 saturated carbocycles. The van der Waals surface area contributed by atoms with Gasteiger partial charge >= 0.3 is 11.9 Å². The van der Waals surface area contributed by atoms with Crippen molar-refractivity contribution in [2.24, 2.45) is 0 Å². The molecule has 1 rings (SSSR count). The number of carboxylic acids is 2. The van der Waals surface area contributed by atoms with Gasteiger partial charge in [0.25, 0.3) is 0 Å². The highest BCUT2D eigenvalue weighted by Gasteiger charge is 2.17. The summed E-state index contributed by atoms with van der Waals surface area (Å²) < 4.78 is 0. The smallest absolute Gasteiger partial charge is 0.338 e. The maximum absolute atomic E-state index is 10.7. The van der Waals surface area contributed by atoms with Crippen molar-refractivity contribution in [3.05, 3.63) is 28.8 Å². The third kappa shape index (κ3) is 4.06. The molecule has 0 heterocycles. The molecule has 0 amide bonds. The molecule has 0 aliphatic heterocycles. The van der Waals surface area contributed by atoms with Gasteiger partial charge in [-0.15, -0.1) is 0 Å². The van der Waals surface area contributed by atoms with Crippen molar-refractivity contribution >= 4 is 17.6 Å². The Morgan fingerprint density at radius 3 is 2.06 bits per heavy atom. The SMILES string of the molecule is CCCO.Cc1c(C(=O)O)ccc(N)c1C(=O)O. The minimum Gasteiger partial charge on any atom is -0.478 e. The summed E-state index contributed by atoms with van der Waals surface area (Å²) in [4.78, 5) is 21.4. The number of carboxylic acid groups (broad SMARTS) is 2. The molecule has 0 unspecified atom stereocenters. The van der Waals surface area contributed by atoms with Crippen LogP contribution in [-0.4, -0.2) is 33.9 Å². The lowest BCUT2D eigenvalue weighted by Crippen LogP contribution is -2.10. The van der Waals surface area contributed by atoms with E-state index in [1.807, 2.05) is 6.92 Å². The van der Waals surface area contributed by atoms with Gasteiger partial charge in [-0.05, 0) is 31.0 Å². The molecule has 6 nitrogen and oxygen atoms in total. The number of aromatic carboxylic acids is 2. The predicted octanol–water partition coefficient (Wildman–Crippen LogP) is 1.36. The average molecular weight is 255 g/mol. The molecule has 0 aromatic heterocycles. The van der Waals surface area contributed by atoms with E-state index in [1.165, 1.54) is 19.1 Å². The maximum Gasteiger partial charge on any atom is 0.338 e. The fourth-order valence-corrected chi connectivity index (χ4v) is 1.25. The molecule has 0 spiro atoms. The summed E-state index contributed by atoms with van der Waals surface area (Å²) in [5.41, 5.74) is 5.47. The summed E-state index contributed by atoms with van der Waals surface area (Å²) in [6.45, 7) is 3.67. The van der Waals surface area contributed by atoms with Crippen LogP contribution in [0.15, 0.2) is 12.1 Å². The zero-order valence-corrected chi connectivity index (χ0v) is 10.3. The Hall–Kier alpha value is -2.08. The first-order valence-corrected chi connectivity index (χ1v) is 5.33. The Morgan fingerprint density at radius 2 is 1.72 bits per heavy atom. The second kappa shape index (κ2) is 7.29. The second-order valence-electron chi connectivity index (χ2n) is 3.54. The molecule has 6 heteroatoms. The first-order valence-electron chi connectivity index (χ1n) is 5.33. The molecule has 0 aliphatic rings. The van der Waals surface area contributed by atoms with Gasteiger partial charge in [0.1, 0.15) is 0 Å². The normalized spacial score (nSPS) is 9.28. The molecular formula is C12H17NO5. The quantitative estimate of drug-likeness (QED) is 0.605. The topological polar surface area (TPSA) is 121 Å². The van der Waals surface area contributed by atoms with E-state index in [4.69, 9.17) is 21.1 Å².